The summed E-state index contributed by atoms with van der Waals surface area (Å²) in [6.45, 7) is 0. The van der Waals surface area contributed by atoms with Crippen LogP contribution in [0.2, 0.25) is 0 Å². The number of aromatic nitrogens is 4. The van der Waals surface area contributed by atoms with Crippen LogP contribution in [0.5, 0.6) is 0 Å². The molecule has 0 saturated heterocycles. The van der Waals surface area contributed by atoms with Crippen molar-refractivity contribution in [3.63, 3.8) is 0 Å². The number of benzene rings is 15. The first-order valence-electron chi connectivity index (χ1n) is 30.5. The third-order valence-electron chi connectivity index (χ3n) is 19.5. The topological polar surface area (TPSA) is 19.7 Å². The number of hydrogen-bond donors (Lipinski definition) is 0. The SMILES string of the molecule is c1ccc2c(c1)-c1cc3c4ccccc4c4ccccc4c3cc1-c1cccc(-n3c4ccccc4c4cc(-n5c6ccccc6c6ccccc65)ccc43)c1-c1ccc(-n3c4ccccc4c4cc(-n5c6ccccc6c6ccccc65)ccc43)cc1-2. The summed E-state index contributed by atoms with van der Waals surface area (Å²) in [5.41, 5.74) is 23.5. The van der Waals surface area contributed by atoms with E-state index in [9.17, 15) is 0 Å². The Labute approximate surface area is 505 Å². The molecule has 0 radical (unpaired) electrons. The van der Waals surface area contributed by atoms with Gasteiger partial charge in [0.1, 0.15) is 0 Å². The number of hydrogen-bond acceptors (Lipinski definition) is 0. The normalized spacial score (nSPS) is 12.3. The maximum absolute atomic E-state index is 2.55. The van der Waals surface area contributed by atoms with Crippen LogP contribution in [0.4, 0.5) is 0 Å². The van der Waals surface area contributed by atoms with Crippen molar-refractivity contribution in [2.75, 3.05) is 0 Å². The van der Waals surface area contributed by atoms with Crippen LogP contribution < -0.4 is 0 Å². The maximum Gasteiger partial charge on any atom is 0.0547 e. The molecule has 0 aliphatic heterocycles. The minimum Gasteiger partial charge on any atom is -0.309 e. The van der Waals surface area contributed by atoms with Gasteiger partial charge in [-0.3, -0.25) is 0 Å². The van der Waals surface area contributed by atoms with Gasteiger partial charge in [-0.2, -0.15) is 0 Å². The Morgan fingerprint density at radius 3 is 0.886 bits per heavy atom. The number of nitrogens with zero attached hydrogens (tertiary/aromatic N) is 4. The van der Waals surface area contributed by atoms with E-state index in [4.69, 9.17) is 0 Å². The van der Waals surface area contributed by atoms with Crippen molar-refractivity contribution < 1.29 is 0 Å². The zero-order valence-corrected chi connectivity index (χ0v) is 47.7. The van der Waals surface area contributed by atoms with Crippen molar-refractivity contribution in [2.24, 2.45) is 0 Å². The Hall–Kier alpha value is -11.7. The Bertz CT molecular complexity index is 6150. The van der Waals surface area contributed by atoms with Crippen LogP contribution in [0.1, 0.15) is 0 Å². The van der Waals surface area contributed by atoms with Gasteiger partial charge in [0.25, 0.3) is 0 Å². The molecular weight excluding hydrogens is 1060 g/mol. The van der Waals surface area contributed by atoms with Crippen molar-refractivity contribution in [3.8, 4) is 67.3 Å². The summed E-state index contributed by atoms with van der Waals surface area (Å²) in [6.07, 6.45) is 0. The fourth-order valence-corrected chi connectivity index (χ4v) is 15.8. The van der Waals surface area contributed by atoms with Gasteiger partial charge in [0.05, 0.1) is 49.8 Å². The largest absolute Gasteiger partial charge is 0.309 e. The average Bonchev–Trinajstić information content (AvgIpc) is 1.53. The molecule has 15 aromatic carbocycles. The van der Waals surface area contributed by atoms with Gasteiger partial charge >= 0.3 is 0 Å². The Morgan fingerprint density at radius 1 is 0.148 bits per heavy atom. The smallest absolute Gasteiger partial charge is 0.0547 e. The van der Waals surface area contributed by atoms with Gasteiger partial charge in [-0.15, -0.1) is 0 Å². The van der Waals surface area contributed by atoms with Crippen molar-refractivity contribution >= 4 is 120 Å². The summed E-state index contributed by atoms with van der Waals surface area (Å²) in [7, 11) is 0. The highest BCUT2D eigenvalue weighted by molar-refractivity contribution is 6.27. The lowest BCUT2D eigenvalue weighted by Gasteiger charge is -2.27. The third-order valence-corrected chi connectivity index (χ3v) is 19.5. The molecule has 4 aromatic heterocycles. The number of fused-ring (bicyclic) bond motifs is 26. The van der Waals surface area contributed by atoms with E-state index in [1.165, 1.54) is 147 Å². The first-order valence-corrected chi connectivity index (χ1v) is 30.5. The quantitative estimate of drug-likeness (QED) is 0.157. The molecular formula is C84H50N4. The van der Waals surface area contributed by atoms with E-state index in [1.807, 2.05) is 0 Å². The van der Waals surface area contributed by atoms with E-state index in [0.29, 0.717) is 0 Å². The summed E-state index contributed by atoms with van der Waals surface area (Å²) >= 11 is 0. The van der Waals surface area contributed by atoms with Gasteiger partial charge in [0, 0.05) is 65.7 Å². The predicted molar refractivity (Wildman–Crippen MR) is 372 cm³/mol. The lowest BCUT2D eigenvalue weighted by Crippen LogP contribution is -2.04. The first kappa shape index (κ1) is 47.6. The van der Waals surface area contributed by atoms with Crippen LogP contribution in [-0.4, -0.2) is 18.3 Å². The zero-order valence-electron chi connectivity index (χ0n) is 47.7. The Morgan fingerprint density at radius 2 is 0.443 bits per heavy atom. The molecule has 0 atom stereocenters. The molecule has 4 heterocycles. The minimum atomic E-state index is 1.11. The van der Waals surface area contributed by atoms with Crippen molar-refractivity contribution in [2.45, 2.75) is 0 Å². The molecule has 1 aliphatic carbocycles. The molecule has 88 heavy (non-hydrogen) atoms. The molecule has 4 nitrogen and oxygen atoms in total. The highest BCUT2D eigenvalue weighted by Crippen LogP contribution is 2.53. The molecule has 0 bridgehead atoms. The lowest BCUT2D eigenvalue weighted by molar-refractivity contribution is 1.16. The molecule has 19 aromatic rings. The van der Waals surface area contributed by atoms with Crippen LogP contribution in [0.3, 0.4) is 0 Å². The maximum atomic E-state index is 2.55. The van der Waals surface area contributed by atoms with Gasteiger partial charge in [0.15, 0.2) is 0 Å². The second-order valence-electron chi connectivity index (χ2n) is 23.9. The van der Waals surface area contributed by atoms with Crippen LogP contribution >= 0.6 is 0 Å². The van der Waals surface area contributed by atoms with E-state index in [-0.39, 0.29) is 0 Å². The summed E-state index contributed by atoms with van der Waals surface area (Å²) in [4.78, 5) is 0. The van der Waals surface area contributed by atoms with Crippen LogP contribution in [-0.2, 0) is 0 Å². The number of rotatable bonds is 4. The molecule has 0 N–H and O–H groups in total. The van der Waals surface area contributed by atoms with E-state index in [0.717, 1.165) is 39.3 Å². The molecule has 0 amide bonds. The monoisotopic (exact) mass is 1110 g/mol. The lowest BCUT2D eigenvalue weighted by atomic mass is 9.78. The van der Waals surface area contributed by atoms with Crippen molar-refractivity contribution in [1.29, 1.82) is 0 Å². The second-order valence-corrected chi connectivity index (χ2v) is 23.9. The van der Waals surface area contributed by atoms with Crippen LogP contribution in [0.25, 0.3) is 187 Å². The second kappa shape index (κ2) is 17.9. The molecule has 1 aliphatic rings. The fraction of sp³-hybridized carbons (Fsp3) is 0. The first-order chi connectivity index (χ1) is 43.7. The van der Waals surface area contributed by atoms with E-state index in [2.05, 4.69) is 322 Å². The Balaban J connectivity index is 0.874. The minimum absolute atomic E-state index is 1.11. The van der Waals surface area contributed by atoms with Gasteiger partial charge in [-0.25, -0.2) is 0 Å². The van der Waals surface area contributed by atoms with Crippen molar-refractivity contribution in [3.05, 3.63) is 303 Å². The number of para-hydroxylation sites is 6. The van der Waals surface area contributed by atoms with E-state index < -0.39 is 0 Å². The summed E-state index contributed by atoms with van der Waals surface area (Å²) in [6, 6.07) is 114. The van der Waals surface area contributed by atoms with Crippen LogP contribution in [0, 0.1) is 0 Å². The predicted octanol–water partition coefficient (Wildman–Crippen LogP) is 22.5. The Kier molecular flexibility index (Phi) is 9.69. The molecule has 0 unspecified atom stereocenters. The van der Waals surface area contributed by atoms with Crippen molar-refractivity contribution in [1.82, 2.24) is 18.3 Å². The summed E-state index contributed by atoms with van der Waals surface area (Å²) in [5.74, 6) is 0. The van der Waals surface area contributed by atoms with Gasteiger partial charge < -0.3 is 18.3 Å². The molecule has 0 fully saturated rings. The van der Waals surface area contributed by atoms with Gasteiger partial charge in [-0.1, -0.05) is 200 Å². The van der Waals surface area contributed by atoms with E-state index >= 15 is 0 Å². The van der Waals surface area contributed by atoms with Gasteiger partial charge in [-0.05, 0) is 174 Å². The van der Waals surface area contributed by atoms with E-state index in [1.54, 1.807) is 0 Å². The molecule has 0 spiro atoms. The highest BCUT2D eigenvalue weighted by atomic mass is 15.0. The summed E-state index contributed by atoms with van der Waals surface area (Å²) < 4.78 is 9.92. The molecule has 4 heteroatoms. The van der Waals surface area contributed by atoms with Gasteiger partial charge in [0.2, 0.25) is 0 Å². The average molecular weight is 1120 g/mol. The molecule has 20 rings (SSSR count). The third kappa shape index (κ3) is 6.47. The fourth-order valence-electron chi connectivity index (χ4n) is 15.8. The highest BCUT2D eigenvalue weighted by Gasteiger charge is 2.29. The van der Waals surface area contributed by atoms with Crippen LogP contribution in [0.15, 0.2) is 303 Å². The molecule has 406 valence electrons. The molecule has 0 saturated carbocycles. The zero-order chi connectivity index (χ0) is 57.3. The summed E-state index contributed by atoms with van der Waals surface area (Å²) in [5, 5.41) is 17.4. The standard InChI is InChI=1S/C84H50N4/c1-3-22-56-54(20-1)55-21-2-4-23-57(55)70-50-72-66-32-19-39-83(88-80-38-18-12-31-65(80)74-48-53(42-45-82(74)88)86-77-35-15-9-28-62(77)63-29-10-16-36-78(63)86)84(66)67-43-40-51(46-68(67)58-24-5-6-25-59(58)71(72)49-69(56)70)87-79-37-17-11-30-64(79)73-47-52(41-44-81(73)87)85-75-33-13-7-26-60(75)61-27-8-14-34-76(61)85/h1-50H.